The number of piperazine rings is 1. The lowest BCUT2D eigenvalue weighted by Gasteiger charge is -2.34. The number of rotatable bonds is 3. The molecule has 1 N–H and O–H groups in total. The molecular formula is C23H26N4O2. The number of carbonyl (C=O) groups excluding carboxylic acids is 2. The van der Waals surface area contributed by atoms with Crippen molar-refractivity contribution in [3.05, 3.63) is 65.9 Å². The third kappa shape index (κ3) is 4.32. The number of anilines is 1. The highest BCUT2D eigenvalue weighted by atomic mass is 16.2. The maximum atomic E-state index is 12.6. The average molecular weight is 390 g/mol. The van der Waals surface area contributed by atoms with E-state index in [-0.39, 0.29) is 0 Å². The Morgan fingerprint density at radius 1 is 0.966 bits per heavy atom. The third-order valence-electron chi connectivity index (χ3n) is 5.52. The summed E-state index contributed by atoms with van der Waals surface area (Å²) in [4.78, 5) is 29.0. The van der Waals surface area contributed by atoms with Gasteiger partial charge >= 0.3 is 11.8 Å². The van der Waals surface area contributed by atoms with Crippen molar-refractivity contribution in [2.45, 2.75) is 13.5 Å². The molecule has 6 nitrogen and oxygen atoms in total. The van der Waals surface area contributed by atoms with Gasteiger partial charge in [0.15, 0.2) is 0 Å². The molecule has 2 heterocycles. The van der Waals surface area contributed by atoms with Gasteiger partial charge < -0.3 is 14.8 Å². The zero-order valence-electron chi connectivity index (χ0n) is 16.9. The van der Waals surface area contributed by atoms with Crippen LogP contribution in [0.5, 0.6) is 0 Å². The smallest absolute Gasteiger partial charge is 0.313 e. The quantitative estimate of drug-likeness (QED) is 0.700. The molecule has 6 heteroatoms. The van der Waals surface area contributed by atoms with Crippen LogP contribution in [0.15, 0.2) is 54.7 Å². The fraction of sp³-hybridized carbons (Fsp3) is 0.304. The second kappa shape index (κ2) is 8.09. The van der Waals surface area contributed by atoms with Crippen LogP contribution in [0.2, 0.25) is 0 Å². The first kappa shape index (κ1) is 19.2. The minimum Gasteiger partial charge on any atom is -0.351 e. The van der Waals surface area contributed by atoms with Crippen LogP contribution in [0.3, 0.4) is 0 Å². The van der Waals surface area contributed by atoms with E-state index >= 15 is 0 Å². The number of aryl methyl sites for hydroxylation is 2. The summed E-state index contributed by atoms with van der Waals surface area (Å²) in [5.41, 5.74) is 4.24. The summed E-state index contributed by atoms with van der Waals surface area (Å²) >= 11 is 0. The Hall–Kier alpha value is -3.12. The molecule has 2 aromatic carbocycles. The first-order valence-corrected chi connectivity index (χ1v) is 9.93. The molecule has 2 amide bonds. The molecule has 0 aliphatic carbocycles. The number of amides is 2. The van der Waals surface area contributed by atoms with Crippen LogP contribution in [0.1, 0.15) is 11.1 Å². The number of aromatic nitrogens is 1. The van der Waals surface area contributed by atoms with Crippen molar-refractivity contribution in [2.75, 3.05) is 31.5 Å². The van der Waals surface area contributed by atoms with Gasteiger partial charge in [0.25, 0.3) is 0 Å². The minimum atomic E-state index is -0.577. The van der Waals surface area contributed by atoms with Gasteiger partial charge in [-0.15, -0.1) is 0 Å². The fourth-order valence-corrected chi connectivity index (χ4v) is 3.75. The van der Waals surface area contributed by atoms with E-state index in [0.717, 1.165) is 30.5 Å². The third-order valence-corrected chi connectivity index (χ3v) is 5.52. The molecule has 0 spiro atoms. The monoisotopic (exact) mass is 390 g/mol. The zero-order valence-corrected chi connectivity index (χ0v) is 16.9. The number of benzene rings is 2. The van der Waals surface area contributed by atoms with Gasteiger partial charge in [0.1, 0.15) is 0 Å². The number of carbonyl (C=O) groups is 2. The van der Waals surface area contributed by atoms with Crippen molar-refractivity contribution in [1.29, 1.82) is 0 Å². The van der Waals surface area contributed by atoms with Crippen LogP contribution in [-0.2, 0) is 23.2 Å². The van der Waals surface area contributed by atoms with Gasteiger partial charge in [-0.3, -0.25) is 14.5 Å². The lowest BCUT2D eigenvalue weighted by molar-refractivity contribution is -0.144. The van der Waals surface area contributed by atoms with Crippen LogP contribution >= 0.6 is 0 Å². The molecular weight excluding hydrogens is 364 g/mol. The number of hydrogen-bond acceptors (Lipinski definition) is 3. The van der Waals surface area contributed by atoms with Crippen molar-refractivity contribution >= 4 is 28.4 Å². The highest BCUT2D eigenvalue weighted by molar-refractivity contribution is 6.39. The maximum absolute atomic E-state index is 12.6. The van der Waals surface area contributed by atoms with Gasteiger partial charge in [-0.05, 0) is 36.8 Å². The predicted molar refractivity (Wildman–Crippen MR) is 115 cm³/mol. The molecule has 1 aromatic heterocycles. The van der Waals surface area contributed by atoms with E-state index in [1.807, 2.05) is 42.1 Å². The summed E-state index contributed by atoms with van der Waals surface area (Å²) < 4.78 is 2.02. The van der Waals surface area contributed by atoms with Crippen LogP contribution < -0.4 is 5.32 Å². The lowest BCUT2D eigenvalue weighted by atomic mass is 10.1. The average Bonchev–Trinajstić information content (AvgIpc) is 3.10. The number of fused-ring (bicyclic) bond motifs is 1. The topological polar surface area (TPSA) is 57.6 Å². The largest absolute Gasteiger partial charge is 0.351 e. The molecule has 0 unspecified atom stereocenters. The SMILES string of the molecule is Cc1ccc(CN2CCN(C(=O)C(=O)Nc3ccc4c(ccn4C)c3)CC2)cc1. The summed E-state index contributed by atoms with van der Waals surface area (Å²) in [5, 5.41) is 3.77. The molecule has 3 aromatic rings. The molecule has 4 rings (SSSR count). The van der Waals surface area contributed by atoms with Crippen LogP contribution in [0.25, 0.3) is 10.9 Å². The Balaban J connectivity index is 1.31. The van der Waals surface area contributed by atoms with Gasteiger partial charge in [0.05, 0.1) is 0 Å². The van der Waals surface area contributed by atoms with E-state index in [1.54, 1.807) is 4.90 Å². The number of hydrogen-bond donors (Lipinski definition) is 1. The predicted octanol–water partition coefficient (Wildman–Crippen LogP) is 2.77. The Morgan fingerprint density at radius 2 is 1.69 bits per heavy atom. The standard InChI is InChI=1S/C23H26N4O2/c1-17-3-5-18(6-4-17)16-26-11-13-27(14-12-26)23(29)22(28)24-20-7-8-21-19(15-20)9-10-25(21)2/h3-10,15H,11-14,16H2,1-2H3,(H,24,28). The first-order valence-electron chi connectivity index (χ1n) is 9.93. The number of nitrogens with zero attached hydrogens (tertiary/aromatic N) is 3. The minimum absolute atomic E-state index is 0.465. The van der Waals surface area contributed by atoms with E-state index in [4.69, 9.17) is 0 Å². The molecule has 1 aliphatic heterocycles. The normalized spacial score (nSPS) is 14.9. The second-order valence-electron chi connectivity index (χ2n) is 7.71. The Morgan fingerprint density at radius 3 is 2.41 bits per heavy atom. The molecule has 0 bridgehead atoms. The van der Waals surface area contributed by atoms with E-state index in [0.29, 0.717) is 18.8 Å². The van der Waals surface area contributed by atoms with Crippen LogP contribution in [0, 0.1) is 6.92 Å². The molecule has 0 saturated carbocycles. The summed E-state index contributed by atoms with van der Waals surface area (Å²) in [6.07, 6.45) is 1.97. The molecule has 0 radical (unpaired) electrons. The van der Waals surface area contributed by atoms with Gasteiger partial charge in [-0.1, -0.05) is 29.8 Å². The van der Waals surface area contributed by atoms with Crippen LogP contribution in [0.4, 0.5) is 5.69 Å². The number of nitrogens with one attached hydrogen (secondary N) is 1. The van der Waals surface area contributed by atoms with Gasteiger partial charge in [0.2, 0.25) is 0 Å². The van der Waals surface area contributed by atoms with E-state index in [9.17, 15) is 9.59 Å². The van der Waals surface area contributed by atoms with E-state index in [1.165, 1.54) is 11.1 Å². The van der Waals surface area contributed by atoms with Crippen molar-refractivity contribution in [1.82, 2.24) is 14.4 Å². The highest BCUT2D eigenvalue weighted by Gasteiger charge is 2.26. The zero-order chi connectivity index (χ0) is 20.4. The van der Waals surface area contributed by atoms with Crippen LogP contribution in [-0.4, -0.2) is 52.4 Å². The van der Waals surface area contributed by atoms with Gasteiger partial charge in [-0.25, -0.2) is 0 Å². The Kier molecular flexibility index (Phi) is 5.36. The summed E-state index contributed by atoms with van der Waals surface area (Å²) in [5.74, 6) is -1.04. The molecule has 1 saturated heterocycles. The Labute approximate surface area is 170 Å². The Bertz CT molecular complexity index is 1030. The molecule has 29 heavy (non-hydrogen) atoms. The molecule has 1 fully saturated rings. The molecule has 150 valence electrons. The van der Waals surface area contributed by atoms with E-state index < -0.39 is 11.8 Å². The highest BCUT2D eigenvalue weighted by Crippen LogP contribution is 2.20. The van der Waals surface area contributed by atoms with Crippen molar-refractivity contribution in [2.24, 2.45) is 7.05 Å². The molecule has 0 atom stereocenters. The van der Waals surface area contributed by atoms with Gasteiger partial charge in [-0.2, -0.15) is 0 Å². The lowest BCUT2D eigenvalue weighted by Crippen LogP contribution is -2.51. The molecule has 1 aliphatic rings. The van der Waals surface area contributed by atoms with Crippen molar-refractivity contribution in [3.63, 3.8) is 0 Å². The van der Waals surface area contributed by atoms with Crippen molar-refractivity contribution in [3.8, 4) is 0 Å². The second-order valence-corrected chi connectivity index (χ2v) is 7.71. The summed E-state index contributed by atoms with van der Waals surface area (Å²) in [6.45, 7) is 5.61. The first-order chi connectivity index (χ1) is 14.0. The summed E-state index contributed by atoms with van der Waals surface area (Å²) in [7, 11) is 1.97. The fourth-order valence-electron chi connectivity index (χ4n) is 3.75. The summed E-state index contributed by atoms with van der Waals surface area (Å²) in [6, 6.07) is 16.2. The van der Waals surface area contributed by atoms with Gasteiger partial charge in [0, 0.05) is 62.6 Å². The van der Waals surface area contributed by atoms with Crippen molar-refractivity contribution < 1.29 is 9.59 Å². The maximum Gasteiger partial charge on any atom is 0.313 e. The van der Waals surface area contributed by atoms with E-state index in [2.05, 4.69) is 41.4 Å².